The lowest BCUT2D eigenvalue weighted by Crippen LogP contribution is -2.09. The SMILES string of the molecule is CC(Nc1cc(F)ccc1[N+](=O)[O-])c1c(O)cccc1O. The van der Waals surface area contributed by atoms with Gasteiger partial charge in [-0.25, -0.2) is 4.39 Å². The number of phenols is 2. The normalized spacial score (nSPS) is 11.9. The molecule has 0 heterocycles. The Labute approximate surface area is 119 Å². The van der Waals surface area contributed by atoms with Gasteiger partial charge in [-0.15, -0.1) is 0 Å². The molecule has 0 aliphatic heterocycles. The molecular formula is C14H13FN2O4. The molecule has 0 saturated carbocycles. The van der Waals surface area contributed by atoms with E-state index in [2.05, 4.69) is 5.32 Å². The number of benzene rings is 2. The average molecular weight is 292 g/mol. The van der Waals surface area contributed by atoms with Crippen LogP contribution in [-0.2, 0) is 0 Å². The van der Waals surface area contributed by atoms with Crippen molar-refractivity contribution >= 4 is 11.4 Å². The number of anilines is 1. The van der Waals surface area contributed by atoms with Gasteiger partial charge < -0.3 is 15.5 Å². The lowest BCUT2D eigenvalue weighted by molar-refractivity contribution is -0.384. The second-order valence-corrected chi connectivity index (χ2v) is 4.49. The van der Waals surface area contributed by atoms with E-state index >= 15 is 0 Å². The lowest BCUT2D eigenvalue weighted by Gasteiger charge is -2.18. The van der Waals surface area contributed by atoms with Gasteiger partial charge in [-0.05, 0) is 25.1 Å². The molecule has 0 fully saturated rings. The minimum absolute atomic E-state index is 0.0323. The van der Waals surface area contributed by atoms with Crippen LogP contribution < -0.4 is 5.32 Å². The highest BCUT2D eigenvalue weighted by Crippen LogP contribution is 2.36. The van der Waals surface area contributed by atoms with Gasteiger partial charge in [-0.3, -0.25) is 10.1 Å². The molecule has 0 saturated heterocycles. The average Bonchev–Trinajstić information content (AvgIpc) is 2.38. The maximum absolute atomic E-state index is 13.3. The van der Waals surface area contributed by atoms with Crippen LogP contribution in [0, 0.1) is 15.9 Å². The van der Waals surface area contributed by atoms with Crippen molar-refractivity contribution in [2.24, 2.45) is 0 Å². The number of hydrogen-bond acceptors (Lipinski definition) is 5. The van der Waals surface area contributed by atoms with Crippen LogP contribution in [0.1, 0.15) is 18.5 Å². The Morgan fingerprint density at radius 3 is 2.43 bits per heavy atom. The number of phenolic OH excluding ortho intramolecular Hbond substituents is 2. The summed E-state index contributed by atoms with van der Waals surface area (Å²) >= 11 is 0. The van der Waals surface area contributed by atoms with Crippen molar-refractivity contribution in [2.45, 2.75) is 13.0 Å². The lowest BCUT2D eigenvalue weighted by atomic mass is 10.1. The molecule has 2 rings (SSSR count). The summed E-state index contributed by atoms with van der Waals surface area (Å²) in [4.78, 5) is 10.3. The minimum atomic E-state index is -0.660. The number of nitrogens with zero attached hydrogens (tertiary/aromatic N) is 1. The Hall–Kier alpha value is -2.83. The third-order valence-corrected chi connectivity index (χ3v) is 3.02. The monoisotopic (exact) mass is 292 g/mol. The number of nitro groups is 1. The van der Waals surface area contributed by atoms with E-state index in [-0.39, 0.29) is 28.4 Å². The van der Waals surface area contributed by atoms with Gasteiger partial charge in [0.05, 0.1) is 16.5 Å². The molecule has 1 unspecified atom stereocenters. The second kappa shape index (κ2) is 5.66. The van der Waals surface area contributed by atoms with Crippen molar-refractivity contribution in [3.8, 4) is 11.5 Å². The molecule has 0 amide bonds. The highest BCUT2D eigenvalue weighted by Gasteiger charge is 2.20. The fourth-order valence-electron chi connectivity index (χ4n) is 2.07. The van der Waals surface area contributed by atoms with Crippen molar-refractivity contribution < 1.29 is 19.5 Å². The molecule has 0 aliphatic carbocycles. The van der Waals surface area contributed by atoms with Gasteiger partial charge in [-0.1, -0.05) is 6.07 Å². The molecule has 3 N–H and O–H groups in total. The molecule has 0 aromatic heterocycles. The number of rotatable bonds is 4. The van der Waals surface area contributed by atoms with Crippen LogP contribution in [0.3, 0.4) is 0 Å². The van der Waals surface area contributed by atoms with Crippen molar-refractivity contribution in [3.63, 3.8) is 0 Å². The topological polar surface area (TPSA) is 95.6 Å². The summed E-state index contributed by atoms with van der Waals surface area (Å²) in [6, 6.07) is 6.60. The zero-order valence-electron chi connectivity index (χ0n) is 11.1. The van der Waals surface area contributed by atoms with Crippen LogP contribution in [0.25, 0.3) is 0 Å². The van der Waals surface area contributed by atoms with Crippen LogP contribution in [0.15, 0.2) is 36.4 Å². The third kappa shape index (κ3) is 3.02. The molecule has 2 aromatic rings. The second-order valence-electron chi connectivity index (χ2n) is 4.49. The fourth-order valence-corrected chi connectivity index (χ4v) is 2.07. The van der Waals surface area contributed by atoms with Crippen molar-refractivity contribution in [3.05, 3.63) is 57.9 Å². The van der Waals surface area contributed by atoms with Crippen LogP contribution in [0.2, 0.25) is 0 Å². The minimum Gasteiger partial charge on any atom is -0.507 e. The standard InChI is InChI=1S/C14H13FN2O4/c1-8(14-12(18)3-2-4-13(14)19)16-10-7-9(15)5-6-11(10)17(20)21/h2-8,16,18-19H,1H3. The summed E-state index contributed by atoms with van der Waals surface area (Å²) in [5.41, 5.74) is -0.149. The van der Waals surface area contributed by atoms with Gasteiger partial charge in [0, 0.05) is 12.1 Å². The van der Waals surface area contributed by atoms with Gasteiger partial charge in [-0.2, -0.15) is 0 Å². The summed E-state index contributed by atoms with van der Waals surface area (Å²) in [6.07, 6.45) is 0. The summed E-state index contributed by atoms with van der Waals surface area (Å²) in [7, 11) is 0. The number of aromatic hydroxyl groups is 2. The molecule has 6 nitrogen and oxygen atoms in total. The molecule has 21 heavy (non-hydrogen) atoms. The van der Waals surface area contributed by atoms with Crippen LogP contribution in [0.5, 0.6) is 11.5 Å². The largest absolute Gasteiger partial charge is 0.507 e. The Balaban J connectivity index is 2.38. The number of nitro benzene ring substituents is 1. The van der Waals surface area contributed by atoms with Gasteiger partial charge in [0.2, 0.25) is 0 Å². The predicted molar refractivity (Wildman–Crippen MR) is 74.9 cm³/mol. The summed E-state index contributed by atoms with van der Waals surface area (Å²) in [5, 5.41) is 33.2. The highest BCUT2D eigenvalue weighted by atomic mass is 19.1. The Bertz CT molecular complexity index is 670. The van der Waals surface area contributed by atoms with E-state index in [1.165, 1.54) is 18.2 Å². The number of halogens is 1. The van der Waals surface area contributed by atoms with E-state index in [1.54, 1.807) is 6.92 Å². The molecule has 7 heteroatoms. The molecule has 0 aliphatic rings. The number of hydrogen-bond donors (Lipinski definition) is 3. The summed E-state index contributed by atoms with van der Waals surface area (Å²) in [5.74, 6) is -0.945. The maximum Gasteiger partial charge on any atom is 0.292 e. The first-order valence-electron chi connectivity index (χ1n) is 6.11. The van der Waals surface area contributed by atoms with E-state index in [1.807, 2.05) is 0 Å². The smallest absolute Gasteiger partial charge is 0.292 e. The van der Waals surface area contributed by atoms with Gasteiger partial charge in [0.25, 0.3) is 5.69 Å². The maximum atomic E-state index is 13.3. The Kier molecular flexibility index (Phi) is 3.93. The molecule has 0 spiro atoms. The van der Waals surface area contributed by atoms with E-state index in [0.717, 1.165) is 18.2 Å². The van der Waals surface area contributed by atoms with E-state index in [0.29, 0.717) is 0 Å². The molecular weight excluding hydrogens is 279 g/mol. The predicted octanol–water partition coefficient (Wildman–Crippen LogP) is 3.32. The van der Waals surface area contributed by atoms with Crippen LogP contribution in [-0.4, -0.2) is 15.1 Å². The van der Waals surface area contributed by atoms with Gasteiger partial charge >= 0.3 is 0 Å². The van der Waals surface area contributed by atoms with E-state index in [4.69, 9.17) is 0 Å². The summed E-state index contributed by atoms with van der Waals surface area (Å²) in [6.45, 7) is 1.59. The highest BCUT2D eigenvalue weighted by molar-refractivity contribution is 5.63. The Morgan fingerprint density at radius 2 is 1.86 bits per heavy atom. The van der Waals surface area contributed by atoms with Gasteiger partial charge in [0.15, 0.2) is 0 Å². The first-order chi connectivity index (χ1) is 9.90. The van der Waals surface area contributed by atoms with E-state index in [9.17, 15) is 24.7 Å². The molecule has 0 bridgehead atoms. The van der Waals surface area contributed by atoms with Crippen molar-refractivity contribution in [1.82, 2.24) is 0 Å². The van der Waals surface area contributed by atoms with Crippen molar-refractivity contribution in [2.75, 3.05) is 5.32 Å². The fraction of sp³-hybridized carbons (Fsp3) is 0.143. The first-order valence-corrected chi connectivity index (χ1v) is 6.11. The summed E-state index contributed by atoms with van der Waals surface area (Å²) < 4.78 is 13.3. The van der Waals surface area contributed by atoms with E-state index < -0.39 is 16.8 Å². The quantitative estimate of drug-likeness (QED) is 0.593. The number of nitrogens with one attached hydrogen (secondary N) is 1. The zero-order chi connectivity index (χ0) is 15.6. The van der Waals surface area contributed by atoms with Crippen LogP contribution in [0.4, 0.5) is 15.8 Å². The van der Waals surface area contributed by atoms with Crippen LogP contribution >= 0.6 is 0 Å². The molecule has 2 aromatic carbocycles. The van der Waals surface area contributed by atoms with Gasteiger partial charge in [0.1, 0.15) is 23.0 Å². The zero-order valence-corrected chi connectivity index (χ0v) is 11.1. The molecule has 1 atom stereocenters. The third-order valence-electron chi connectivity index (χ3n) is 3.02. The molecule has 110 valence electrons. The Morgan fingerprint density at radius 1 is 1.24 bits per heavy atom. The van der Waals surface area contributed by atoms with Crippen molar-refractivity contribution in [1.29, 1.82) is 0 Å². The first kappa shape index (κ1) is 14.6. The molecule has 0 radical (unpaired) electrons.